The maximum absolute atomic E-state index is 13.6. The number of halogens is 4. The summed E-state index contributed by atoms with van der Waals surface area (Å²) in [7, 11) is 0. The second-order valence-electron chi connectivity index (χ2n) is 9.56. The van der Waals surface area contributed by atoms with Gasteiger partial charge in [-0.05, 0) is 66.8 Å². The SMILES string of the molecule is Cc1nc(N)ccc1CNC(=O)[C@@H]1CCc2cnc(NCC(c3ccc(F)cc3)c3ccc(F)cc3)c(=O)n21.Cl.Cl. The van der Waals surface area contributed by atoms with Crippen molar-refractivity contribution >= 4 is 42.4 Å². The smallest absolute Gasteiger partial charge is 0.294 e. The summed E-state index contributed by atoms with van der Waals surface area (Å²) in [5.74, 6) is -0.787. The fraction of sp³-hybridized carbons (Fsp3) is 0.241. The zero-order chi connectivity index (χ0) is 27.5. The van der Waals surface area contributed by atoms with Gasteiger partial charge in [-0.15, -0.1) is 24.8 Å². The molecule has 1 amide bonds. The molecule has 0 unspecified atom stereocenters. The van der Waals surface area contributed by atoms with Crippen LogP contribution < -0.4 is 21.9 Å². The second kappa shape index (κ2) is 13.6. The van der Waals surface area contributed by atoms with Crippen LogP contribution in [0.15, 0.2) is 71.7 Å². The van der Waals surface area contributed by atoms with E-state index in [0.717, 1.165) is 22.4 Å². The molecule has 1 aliphatic heterocycles. The van der Waals surface area contributed by atoms with E-state index in [1.54, 1.807) is 36.5 Å². The van der Waals surface area contributed by atoms with Crippen LogP contribution in [0, 0.1) is 18.6 Å². The van der Waals surface area contributed by atoms with E-state index >= 15 is 0 Å². The molecule has 4 aromatic rings. The van der Waals surface area contributed by atoms with Gasteiger partial charge in [0.25, 0.3) is 5.56 Å². The summed E-state index contributed by atoms with van der Waals surface area (Å²) in [6.45, 7) is 2.34. The first-order valence-corrected chi connectivity index (χ1v) is 12.6. The Labute approximate surface area is 248 Å². The van der Waals surface area contributed by atoms with E-state index < -0.39 is 11.6 Å². The molecule has 41 heavy (non-hydrogen) atoms. The number of aromatic nitrogens is 3. The highest BCUT2D eigenvalue weighted by atomic mass is 35.5. The quantitative estimate of drug-likeness (QED) is 0.269. The van der Waals surface area contributed by atoms with Crippen molar-refractivity contribution in [3.05, 3.63) is 117 Å². The second-order valence-corrected chi connectivity index (χ2v) is 9.56. The fourth-order valence-electron chi connectivity index (χ4n) is 4.92. The lowest BCUT2D eigenvalue weighted by Crippen LogP contribution is -2.36. The zero-order valence-electron chi connectivity index (χ0n) is 22.1. The summed E-state index contributed by atoms with van der Waals surface area (Å²) in [6.07, 6.45) is 2.64. The predicted octanol–water partition coefficient (Wildman–Crippen LogP) is 4.70. The highest BCUT2D eigenvalue weighted by molar-refractivity contribution is 5.85. The molecule has 0 saturated heterocycles. The average molecular weight is 604 g/mol. The topological polar surface area (TPSA) is 115 Å². The number of rotatable bonds is 8. The van der Waals surface area contributed by atoms with E-state index in [0.29, 0.717) is 24.4 Å². The lowest BCUT2D eigenvalue weighted by Gasteiger charge is -2.20. The van der Waals surface area contributed by atoms with E-state index in [4.69, 9.17) is 5.73 Å². The Balaban J connectivity index is 0.00000231. The number of carbonyl (C=O) groups excluding carboxylic acids is 1. The predicted molar refractivity (Wildman–Crippen MR) is 159 cm³/mol. The van der Waals surface area contributed by atoms with Crippen molar-refractivity contribution in [3.8, 4) is 0 Å². The number of nitrogens with one attached hydrogen (secondary N) is 2. The standard InChI is InChI=1S/C29H28F2N6O2.2ClH/c1-17-20(6-13-26(32)36-17)14-35-28(38)25-12-11-23-15-33-27(29(39)37(23)25)34-16-24(18-2-7-21(30)8-3-18)19-4-9-22(31)10-5-19;;/h2-10,13,15,24-25H,11-12,14,16H2,1H3,(H2,32,36)(H,33,34)(H,35,38);2*1H/t25-;;/m0../s1. The monoisotopic (exact) mass is 602 g/mol. The van der Waals surface area contributed by atoms with Crippen LogP contribution in [0.2, 0.25) is 0 Å². The van der Waals surface area contributed by atoms with Crippen molar-refractivity contribution in [2.45, 2.75) is 38.3 Å². The number of pyridine rings is 1. The van der Waals surface area contributed by atoms with Crippen molar-refractivity contribution in [2.75, 3.05) is 17.6 Å². The number of amides is 1. The van der Waals surface area contributed by atoms with Crippen molar-refractivity contribution in [2.24, 2.45) is 0 Å². The summed E-state index contributed by atoms with van der Waals surface area (Å²) < 4.78 is 28.6. The van der Waals surface area contributed by atoms with Gasteiger partial charge in [-0.25, -0.2) is 18.7 Å². The van der Waals surface area contributed by atoms with E-state index in [2.05, 4.69) is 20.6 Å². The van der Waals surface area contributed by atoms with Gasteiger partial charge in [-0.3, -0.25) is 14.2 Å². The Hall–Kier alpha value is -4.02. The number of fused-ring (bicyclic) bond motifs is 1. The Morgan fingerprint density at radius 3 is 2.22 bits per heavy atom. The van der Waals surface area contributed by atoms with E-state index in [-0.39, 0.29) is 67.2 Å². The van der Waals surface area contributed by atoms with Crippen LogP contribution >= 0.6 is 24.8 Å². The highest BCUT2D eigenvalue weighted by Gasteiger charge is 2.30. The largest absolute Gasteiger partial charge is 0.384 e. The van der Waals surface area contributed by atoms with Crippen LogP contribution in [-0.4, -0.2) is 27.0 Å². The number of hydrogen-bond acceptors (Lipinski definition) is 6. The number of aryl methyl sites for hydroxylation is 2. The molecule has 4 N–H and O–H groups in total. The van der Waals surface area contributed by atoms with Crippen LogP contribution in [0.25, 0.3) is 0 Å². The van der Waals surface area contributed by atoms with Gasteiger partial charge in [0.2, 0.25) is 5.91 Å². The molecule has 2 aromatic carbocycles. The third-order valence-electron chi connectivity index (χ3n) is 7.05. The van der Waals surface area contributed by atoms with Crippen molar-refractivity contribution in [1.29, 1.82) is 0 Å². The van der Waals surface area contributed by atoms with Crippen LogP contribution in [-0.2, 0) is 17.8 Å². The summed E-state index contributed by atoms with van der Waals surface area (Å²) >= 11 is 0. The lowest BCUT2D eigenvalue weighted by atomic mass is 9.91. The van der Waals surface area contributed by atoms with E-state index in [1.165, 1.54) is 28.8 Å². The normalized spacial score (nSPS) is 13.6. The van der Waals surface area contributed by atoms with Crippen molar-refractivity contribution in [3.63, 3.8) is 0 Å². The number of anilines is 2. The lowest BCUT2D eigenvalue weighted by molar-refractivity contribution is -0.124. The minimum atomic E-state index is -0.664. The molecule has 0 saturated carbocycles. The molecule has 0 radical (unpaired) electrons. The maximum atomic E-state index is 13.6. The Morgan fingerprint density at radius 2 is 1.63 bits per heavy atom. The van der Waals surface area contributed by atoms with Gasteiger partial charge in [0.1, 0.15) is 23.5 Å². The summed E-state index contributed by atoms with van der Waals surface area (Å²) in [4.78, 5) is 35.1. The Kier molecular flexibility index (Phi) is 10.4. The number of benzene rings is 2. The van der Waals surface area contributed by atoms with Crippen molar-refractivity contribution < 1.29 is 13.6 Å². The molecule has 5 rings (SSSR count). The van der Waals surface area contributed by atoms with Gasteiger partial charge in [-0.1, -0.05) is 30.3 Å². The van der Waals surface area contributed by atoms with Crippen molar-refractivity contribution in [1.82, 2.24) is 19.9 Å². The first-order chi connectivity index (χ1) is 18.8. The minimum Gasteiger partial charge on any atom is -0.384 e. The van der Waals surface area contributed by atoms with Crippen LogP contribution in [0.4, 0.5) is 20.4 Å². The van der Waals surface area contributed by atoms with Crippen LogP contribution in [0.5, 0.6) is 0 Å². The summed E-state index contributed by atoms with van der Waals surface area (Å²) in [6, 6.07) is 14.9. The zero-order valence-corrected chi connectivity index (χ0v) is 23.8. The van der Waals surface area contributed by atoms with E-state index in [1.807, 2.05) is 13.0 Å². The van der Waals surface area contributed by atoms with Gasteiger partial charge < -0.3 is 16.4 Å². The Morgan fingerprint density at radius 1 is 1.02 bits per heavy atom. The molecule has 0 fully saturated rings. The van der Waals surface area contributed by atoms with Crippen LogP contribution in [0.1, 0.15) is 46.5 Å². The average Bonchev–Trinajstić information content (AvgIpc) is 3.36. The number of nitrogens with two attached hydrogens (primary N) is 1. The minimum absolute atomic E-state index is 0. The maximum Gasteiger partial charge on any atom is 0.294 e. The number of hydrogen-bond donors (Lipinski definition) is 3. The molecule has 0 aliphatic carbocycles. The third kappa shape index (κ3) is 7.01. The molecule has 1 atom stereocenters. The first kappa shape index (κ1) is 31.5. The molecule has 0 bridgehead atoms. The van der Waals surface area contributed by atoms with Crippen LogP contribution in [0.3, 0.4) is 0 Å². The molecule has 12 heteroatoms. The van der Waals surface area contributed by atoms with E-state index in [9.17, 15) is 18.4 Å². The molecule has 0 spiro atoms. The van der Waals surface area contributed by atoms with Gasteiger partial charge in [0.05, 0.1) is 0 Å². The molecular formula is C29H30Cl2F2N6O2. The van der Waals surface area contributed by atoms with Gasteiger partial charge in [-0.2, -0.15) is 0 Å². The number of carbonyl (C=O) groups is 1. The third-order valence-corrected chi connectivity index (χ3v) is 7.05. The summed E-state index contributed by atoms with van der Waals surface area (Å²) in [5, 5.41) is 6.02. The molecule has 216 valence electrons. The fourth-order valence-corrected chi connectivity index (χ4v) is 4.92. The van der Waals surface area contributed by atoms with Gasteiger partial charge >= 0.3 is 0 Å². The first-order valence-electron chi connectivity index (χ1n) is 12.6. The number of nitrogens with zero attached hydrogens (tertiary/aromatic N) is 3. The molecule has 1 aliphatic rings. The molecule has 8 nitrogen and oxygen atoms in total. The van der Waals surface area contributed by atoms with Gasteiger partial charge in [0, 0.05) is 36.6 Å². The summed E-state index contributed by atoms with van der Waals surface area (Å²) in [5.41, 5.74) is 9.15. The highest BCUT2D eigenvalue weighted by Crippen LogP contribution is 2.27. The Bertz CT molecular complexity index is 1520. The molecular weight excluding hydrogens is 573 g/mol. The molecule has 2 aromatic heterocycles. The van der Waals surface area contributed by atoms with Gasteiger partial charge in [0.15, 0.2) is 5.82 Å². The number of nitrogen functional groups attached to an aromatic ring is 1. The molecule has 3 heterocycles.